The first-order valence-electron chi connectivity index (χ1n) is 8.02. The molecule has 0 aromatic rings. The molecule has 2 rings (SSSR count). The smallest absolute Gasteiger partial charge is 0.0698 e. The van der Waals surface area contributed by atoms with E-state index in [4.69, 9.17) is 14.9 Å². The minimum Gasteiger partial charge on any atom is -0.395 e. The summed E-state index contributed by atoms with van der Waals surface area (Å²) in [5.41, 5.74) is 0. The van der Waals surface area contributed by atoms with E-state index in [1.807, 2.05) is 0 Å². The molecule has 7 nitrogen and oxygen atoms in total. The second-order valence-electron chi connectivity index (χ2n) is 5.24. The molecule has 2 heterocycles. The molecule has 2 saturated heterocycles. The maximum absolute atomic E-state index is 8.56. The van der Waals surface area contributed by atoms with Crippen LogP contribution in [0.15, 0.2) is 0 Å². The van der Waals surface area contributed by atoms with Crippen molar-refractivity contribution in [2.24, 2.45) is 0 Å². The van der Waals surface area contributed by atoms with Crippen molar-refractivity contribution in [2.75, 3.05) is 91.9 Å². The van der Waals surface area contributed by atoms with Crippen LogP contribution < -0.4 is 10.6 Å². The largest absolute Gasteiger partial charge is 0.395 e. The third-order valence-electron chi connectivity index (χ3n) is 3.62. The Kier molecular flexibility index (Phi) is 12.0. The van der Waals surface area contributed by atoms with Gasteiger partial charge in [0.2, 0.25) is 0 Å². The van der Waals surface area contributed by atoms with Gasteiger partial charge >= 0.3 is 0 Å². The molecule has 0 aromatic heterocycles. The molecule has 0 unspecified atom stereocenters. The highest BCUT2D eigenvalue weighted by molar-refractivity contribution is 4.67. The number of β-amino-alcohol motifs (C(OH)–C–C–N with tert-alkyl or cyclic N) is 1. The topological polar surface area (TPSA) is 80.2 Å². The van der Waals surface area contributed by atoms with Crippen LogP contribution in [-0.4, -0.2) is 112 Å². The molecule has 2 aliphatic heterocycles. The molecule has 0 amide bonds. The van der Waals surface area contributed by atoms with Gasteiger partial charge in [-0.2, -0.15) is 0 Å². The van der Waals surface area contributed by atoms with Crippen LogP contribution in [0.25, 0.3) is 0 Å². The van der Waals surface area contributed by atoms with Crippen LogP contribution in [0.1, 0.15) is 0 Å². The fraction of sp³-hybridized carbons (Fsp3) is 1.00. The molecule has 2 fully saturated rings. The van der Waals surface area contributed by atoms with Gasteiger partial charge < -0.3 is 25.6 Å². The first kappa shape index (κ1) is 18.8. The van der Waals surface area contributed by atoms with Crippen molar-refractivity contribution in [1.82, 2.24) is 20.4 Å². The number of piperazine rings is 2. The molecule has 0 aromatic carbocycles. The Morgan fingerprint density at radius 3 is 1.71 bits per heavy atom. The van der Waals surface area contributed by atoms with E-state index in [9.17, 15) is 0 Å². The van der Waals surface area contributed by atoms with Gasteiger partial charge in [-0.05, 0) is 0 Å². The predicted molar refractivity (Wildman–Crippen MR) is 83.6 cm³/mol. The van der Waals surface area contributed by atoms with Crippen molar-refractivity contribution >= 4 is 0 Å². The van der Waals surface area contributed by atoms with Crippen LogP contribution in [0.3, 0.4) is 0 Å². The van der Waals surface area contributed by atoms with Crippen molar-refractivity contribution < 1.29 is 14.9 Å². The number of rotatable bonds is 7. The second kappa shape index (κ2) is 13.4. The highest BCUT2D eigenvalue weighted by Gasteiger charge is 2.08. The van der Waals surface area contributed by atoms with Crippen molar-refractivity contribution in [3.05, 3.63) is 0 Å². The molecule has 0 radical (unpaired) electrons. The van der Waals surface area contributed by atoms with Crippen molar-refractivity contribution in [2.45, 2.75) is 0 Å². The molecule has 21 heavy (non-hydrogen) atoms. The van der Waals surface area contributed by atoms with Crippen LogP contribution in [0.5, 0.6) is 0 Å². The van der Waals surface area contributed by atoms with Gasteiger partial charge in [-0.25, -0.2) is 0 Å². The van der Waals surface area contributed by atoms with E-state index in [0.717, 1.165) is 72.1 Å². The molecule has 0 atom stereocenters. The van der Waals surface area contributed by atoms with E-state index < -0.39 is 0 Å². The molecule has 0 spiro atoms. The summed E-state index contributed by atoms with van der Waals surface area (Å²) in [5, 5.41) is 23.6. The van der Waals surface area contributed by atoms with Gasteiger partial charge in [0.05, 0.1) is 26.4 Å². The normalized spacial score (nSPS) is 20.9. The summed E-state index contributed by atoms with van der Waals surface area (Å²) in [6.45, 7) is 12.1. The average molecular weight is 304 g/mol. The molecular weight excluding hydrogens is 272 g/mol. The van der Waals surface area contributed by atoms with Crippen LogP contribution in [0.4, 0.5) is 0 Å². The number of hydrogen-bond donors (Lipinski definition) is 4. The Labute approximate surface area is 128 Å². The van der Waals surface area contributed by atoms with Crippen LogP contribution in [0, 0.1) is 0 Å². The zero-order valence-corrected chi connectivity index (χ0v) is 13.1. The lowest BCUT2D eigenvalue weighted by Crippen LogP contribution is -2.44. The standard InChI is InChI=1S/C8H18N2O2.C6H14N2O/c11-6-8-12-7-5-10-3-1-9-2-4-10;9-6-5-8-3-1-7-2-4-8/h9,11H,1-8H2;7,9H,1-6H2. The number of aliphatic hydroxyl groups excluding tert-OH is 2. The van der Waals surface area contributed by atoms with E-state index in [-0.39, 0.29) is 6.61 Å². The summed E-state index contributed by atoms with van der Waals surface area (Å²) in [7, 11) is 0. The van der Waals surface area contributed by atoms with Gasteiger partial charge in [-0.3, -0.25) is 9.80 Å². The van der Waals surface area contributed by atoms with E-state index in [1.54, 1.807) is 0 Å². The number of nitrogens with one attached hydrogen (secondary N) is 2. The molecule has 7 heteroatoms. The Morgan fingerprint density at radius 1 is 0.714 bits per heavy atom. The summed E-state index contributed by atoms with van der Waals surface area (Å²) >= 11 is 0. The van der Waals surface area contributed by atoms with Gasteiger partial charge in [0.25, 0.3) is 0 Å². The zero-order valence-electron chi connectivity index (χ0n) is 13.1. The minimum atomic E-state index is 0.127. The Bertz CT molecular complexity index is 220. The lowest BCUT2D eigenvalue weighted by atomic mass is 10.4. The maximum atomic E-state index is 8.56. The fourth-order valence-corrected chi connectivity index (χ4v) is 2.37. The number of aliphatic hydroxyl groups is 2. The summed E-state index contributed by atoms with van der Waals surface area (Å²) in [6.07, 6.45) is 0. The van der Waals surface area contributed by atoms with E-state index in [0.29, 0.717) is 13.2 Å². The molecule has 0 bridgehead atoms. The average Bonchev–Trinajstić information content (AvgIpc) is 2.55. The van der Waals surface area contributed by atoms with E-state index in [2.05, 4.69) is 20.4 Å². The zero-order chi connectivity index (χ0) is 15.2. The molecule has 126 valence electrons. The number of hydrogen-bond acceptors (Lipinski definition) is 7. The van der Waals surface area contributed by atoms with Gasteiger partial charge in [-0.1, -0.05) is 0 Å². The highest BCUT2D eigenvalue weighted by Crippen LogP contribution is 1.91. The SMILES string of the molecule is OCCN1CCNCC1.OCCOCCN1CCNCC1. The van der Waals surface area contributed by atoms with Crippen LogP contribution in [-0.2, 0) is 4.74 Å². The Hall–Kier alpha value is -0.280. The van der Waals surface area contributed by atoms with Gasteiger partial charge in [0, 0.05) is 65.4 Å². The monoisotopic (exact) mass is 304 g/mol. The molecule has 0 aliphatic carbocycles. The maximum Gasteiger partial charge on any atom is 0.0698 e. The third kappa shape index (κ3) is 10.1. The third-order valence-corrected chi connectivity index (χ3v) is 3.62. The van der Waals surface area contributed by atoms with Gasteiger partial charge in [-0.15, -0.1) is 0 Å². The van der Waals surface area contributed by atoms with Crippen LogP contribution in [0.2, 0.25) is 0 Å². The summed E-state index contributed by atoms with van der Waals surface area (Å²) in [4.78, 5) is 4.63. The number of ether oxygens (including phenoxy) is 1. The van der Waals surface area contributed by atoms with E-state index >= 15 is 0 Å². The van der Waals surface area contributed by atoms with Crippen LogP contribution >= 0.6 is 0 Å². The summed E-state index contributed by atoms with van der Waals surface area (Å²) in [5.74, 6) is 0. The van der Waals surface area contributed by atoms with Gasteiger partial charge in [0.1, 0.15) is 0 Å². The lowest BCUT2D eigenvalue weighted by molar-refractivity contribution is 0.0710. The predicted octanol–water partition coefficient (Wildman–Crippen LogP) is -2.22. The number of nitrogens with zero attached hydrogens (tertiary/aromatic N) is 2. The van der Waals surface area contributed by atoms with Crippen molar-refractivity contribution in [1.29, 1.82) is 0 Å². The Morgan fingerprint density at radius 2 is 1.24 bits per heavy atom. The molecule has 2 aliphatic rings. The van der Waals surface area contributed by atoms with Gasteiger partial charge in [0.15, 0.2) is 0 Å². The first-order valence-corrected chi connectivity index (χ1v) is 8.02. The molecule has 4 N–H and O–H groups in total. The van der Waals surface area contributed by atoms with E-state index in [1.165, 1.54) is 0 Å². The Balaban J connectivity index is 0.000000219. The highest BCUT2D eigenvalue weighted by atomic mass is 16.5. The first-order chi connectivity index (χ1) is 10.4. The second-order valence-corrected chi connectivity index (χ2v) is 5.24. The van der Waals surface area contributed by atoms with Crippen molar-refractivity contribution in [3.8, 4) is 0 Å². The van der Waals surface area contributed by atoms with Crippen molar-refractivity contribution in [3.63, 3.8) is 0 Å². The lowest BCUT2D eigenvalue weighted by Gasteiger charge is -2.26. The molecular formula is C14H32N4O3. The fourth-order valence-electron chi connectivity index (χ4n) is 2.37. The summed E-state index contributed by atoms with van der Waals surface area (Å²) < 4.78 is 5.17. The molecule has 0 saturated carbocycles. The minimum absolute atomic E-state index is 0.127. The summed E-state index contributed by atoms with van der Waals surface area (Å²) in [6, 6.07) is 0. The quantitative estimate of drug-likeness (QED) is 0.397.